The lowest BCUT2D eigenvalue weighted by molar-refractivity contribution is -0.870. The number of quaternary nitrogens is 1. The van der Waals surface area contributed by atoms with Gasteiger partial charge in [-0.3, -0.25) is 14.2 Å². The second-order valence-electron chi connectivity index (χ2n) is 13.1. The summed E-state index contributed by atoms with van der Waals surface area (Å²) < 4.78 is 30.0. The minimum atomic E-state index is -3.95. The van der Waals surface area contributed by atoms with E-state index in [9.17, 15) is 19.0 Å². The topological polar surface area (TPSA) is 119 Å². The quantitative estimate of drug-likeness (QED) is 0.0329. The second-order valence-corrected chi connectivity index (χ2v) is 15.0. The molecule has 0 aliphatic rings. The molecule has 0 rings (SSSR count). The predicted octanol–water partition coefficient (Wildman–Crippen LogP) is 8.12. The first kappa shape index (κ1) is 42.0. The lowest BCUT2D eigenvalue weighted by Crippen LogP contribution is -2.37. The molecule has 0 radical (unpaired) electrons. The van der Waals surface area contributed by atoms with E-state index in [1.807, 2.05) is 21.1 Å². The van der Waals surface area contributed by atoms with Crippen LogP contribution in [0.15, 0.2) is 0 Å². The Kier molecular flexibility index (Phi) is 26.7. The van der Waals surface area contributed by atoms with E-state index in [0.29, 0.717) is 30.5 Å². The van der Waals surface area contributed by atoms with Crippen LogP contribution in [0.2, 0.25) is 0 Å². The average Bonchev–Trinajstić information content (AvgIpc) is 2.91. The van der Waals surface area contributed by atoms with Gasteiger partial charge < -0.3 is 28.5 Å². The fourth-order valence-electron chi connectivity index (χ4n) is 4.83. The Morgan fingerprint density at radius 2 is 1.16 bits per heavy atom. The van der Waals surface area contributed by atoms with Gasteiger partial charge in [-0.25, -0.2) is 0 Å². The van der Waals surface area contributed by atoms with Crippen LogP contribution in [-0.4, -0.2) is 86.2 Å². The smallest absolute Gasteiger partial charge is 0.332 e. The molecular formula is C33H67NO8P+. The van der Waals surface area contributed by atoms with Crippen LogP contribution in [0.5, 0.6) is 0 Å². The number of rotatable bonds is 32. The number of likely N-dealkylation sites (N-methyl/N-ethyl adjacent to an activating group) is 1. The number of unbranched alkanes of at least 4 members (excludes halogenated alkanes) is 17. The second kappa shape index (κ2) is 27.3. The lowest BCUT2D eigenvalue weighted by atomic mass is 10.0. The highest BCUT2D eigenvalue weighted by Crippen LogP contribution is 2.43. The Morgan fingerprint density at radius 1 is 0.698 bits per heavy atom. The highest BCUT2D eigenvalue weighted by molar-refractivity contribution is 7.52. The zero-order valence-electron chi connectivity index (χ0n) is 28.2. The molecule has 0 amide bonds. The summed E-state index contributed by atoms with van der Waals surface area (Å²) in [5, 5.41) is 8.71. The van der Waals surface area contributed by atoms with Gasteiger partial charge >= 0.3 is 19.5 Å². The van der Waals surface area contributed by atoms with Crippen molar-refractivity contribution in [3.63, 3.8) is 0 Å². The Bertz CT molecular complexity index is 728. The third-order valence-electron chi connectivity index (χ3n) is 7.51. The molecule has 2 N–H and O–H groups in total. The van der Waals surface area contributed by atoms with Crippen LogP contribution >= 0.6 is 7.60 Å². The largest absolute Gasteiger partial charge is 0.481 e. The molecule has 0 saturated heterocycles. The zero-order valence-corrected chi connectivity index (χ0v) is 29.1. The number of esters is 1. The number of nitrogens with zero attached hydrogens (tertiary/aromatic N) is 1. The Hall–Kier alpha value is -0.990. The van der Waals surface area contributed by atoms with Crippen molar-refractivity contribution < 1.29 is 42.6 Å². The van der Waals surface area contributed by atoms with E-state index in [1.54, 1.807) is 0 Å². The monoisotopic (exact) mass is 636 g/mol. The molecule has 0 spiro atoms. The molecular weight excluding hydrogens is 569 g/mol. The van der Waals surface area contributed by atoms with Crippen LogP contribution in [0, 0.1) is 0 Å². The maximum Gasteiger partial charge on any atom is 0.332 e. The lowest BCUT2D eigenvalue weighted by Gasteiger charge is -2.25. The summed E-state index contributed by atoms with van der Waals surface area (Å²) in [5.41, 5.74) is 0. The first-order valence-corrected chi connectivity index (χ1v) is 19.0. The van der Waals surface area contributed by atoms with Crippen molar-refractivity contribution >= 4 is 19.5 Å². The van der Waals surface area contributed by atoms with E-state index in [4.69, 9.17) is 19.1 Å². The van der Waals surface area contributed by atoms with Gasteiger partial charge in [-0.05, 0) is 19.3 Å². The third kappa shape index (κ3) is 32.2. The van der Waals surface area contributed by atoms with Crippen molar-refractivity contribution in [3.05, 3.63) is 0 Å². The molecule has 0 aromatic rings. The number of hydrogen-bond acceptors (Lipinski definition) is 6. The highest BCUT2D eigenvalue weighted by atomic mass is 31.2. The SMILES string of the molecule is CCCCCCCCCCCCCCCCOC[C@H](CP(=O)(O)OCC[N+](C)(C)C)OC(=O)CCCCCCCC(=O)O. The first-order valence-electron chi connectivity index (χ1n) is 17.2. The summed E-state index contributed by atoms with van der Waals surface area (Å²) in [7, 11) is 1.99. The molecule has 0 heterocycles. The summed E-state index contributed by atoms with van der Waals surface area (Å²) in [6, 6.07) is 0. The summed E-state index contributed by atoms with van der Waals surface area (Å²) >= 11 is 0. The zero-order chi connectivity index (χ0) is 32.2. The van der Waals surface area contributed by atoms with E-state index in [1.165, 1.54) is 77.0 Å². The maximum atomic E-state index is 12.7. The van der Waals surface area contributed by atoms with E-state index >= 15 is 0 Å². The van der Waals surface area contributed by atoms with Gasteiger partial charge in [-0.1, -0.05) is 110 Å². The van der Waals surface area contributed by atoms with Crippen molar-refractivity contribution in [1.29, 1.82) is 0 Å². The van der Waals surface area contributed by atoms with Crippen LogP contribution in [0.25, 0.3) is 0 Å². The Balaban J connectivity index is 4.26. The number of carbonyl (C=O) groups excluding carboxylic acids is 1. The van der Waals surface area contributed by atoms with Crippen molar-refractivity contribution in [2.24, 2.45) is 0 Å². The molecule has 0 aliphatic heterocycles. The molecule has 0 saturated carbocycles. The number of carboxylic acids is 1. The van der Waals surface area contributed by atoms with Gasteiger partial charge in [-0.15, -0.1) is 0 Å². The fourth-order valence-corrected chi connectivity index (χ4v) is 5.99. The molecule has 0 aliphatic carbocycles. The number of carbonyl (C=O) groups is 2. The third-order valence-corrected chi connectivity index (χ3v) is 8.96. The van der Waals surface area contributed by atoms with E-state index in [-0.39, 0.29) is 32.2 Å². The summed E-state index contributed by atoms with van der Waals surface area (Å²) in [5.74, 6) is -1.20. The molecule has 9 nitrogen and oxygen atoms in total. The minimum absolute atomic E-state index is 0.0720. The van der Waals surface area contributed by atoms with Gasteiger partial charge in [0.2, 0.25) is 0 Å². The van der Waals surface area contributed by atoms with Crippen molar-refractivity contribution in [3.8, 4) is 0 Å². The average molecular weight is 637 g/mol. The van der Waals surface area contributed by atoms with Gasteiger partial charge in [-0.2, -0.15) is 0 Å². The Labute approximate surface area is 263 Å². The molecule has 0 fully saturated rings. The van der Waals surface area contributed by atoms with Crippen LogP contribution in [0.3, 0.4) is 0 Å². The molecule has 0 aromatic heterocycles. The van der Waals surface area contributed by atoms with Crippen molar-refractivity contribution in [2.75, 3.05) is 53.7 Å². The normalized spacial score (nSPS) is 14.0. The van der Waals surface area contributed by atoms with Crippen LogP contribution in [-0.2, 0) is 28.2 Å². The predicted molar refractivity (Wildman–Crippen MR) is 175 cm³/mol. The maximum absolute atomic E-state index is 12.7. The summed E-state index contributed by atoms with van der Waals surface area (Å²) in [6.45, 7) is 3.58. The van der Waals surface area contributed by atoms with Gasteiger partial charge in [0, 0.05) is 19.4 Å². The van der Waals surface area contributed by atoms with Crippen LogP contribution < -0.4 is 0 Å². The fraction of sp³-hybridized carbons (Fsp3) is 0.939. The van der Waals surface area contributed by atoms with Gasteiger partial charge in [0.25, 0.3) is 0 Å². The Morgan fingerprint density at radius 3 is 1.65 bits per heavy atom. The van der Waals surface area contributed by atoms with Crippen molar-refractivity contribution in [1.82, 2.24) is 0 Å². The molecule has 256 valence electrons. The molecule has 43 heavy (non-hydrogen) atoms. The molecule has 2 atom stereocenters. The number of ether oxygens (including phenoxy) is 2. The van der Waals surface area contributed by atoms with E-state index in [2.05, 4.69) is 6.92 Å². The van der Waals surface area contributed by atoms with Crippen molar-refractivity contribution in [2.45, 2.75) is 148 Å². The van der Waals surface area contributed by atoms with Crippen LogP contribution in [0.4, 0.5) is 0 Å². The van der Waals surface area contributed by atoms with E-state index in [0.717, 1.165) is 32.1 Å². The minimum Gasteiger partial charge on any atom is -0.481 e. The highest BCUT2D eigenvalue weighted by Gasteiger charge is 2.29. The molecule has 10 heteroatoms. The van der Waals surface area contributed by atoms with Gasteiger partial charge in [0.05, 0.1) is 33.9 Å². The standard InChI is InChI=1S/C33H66NO8P/c1-5-6-7-8-9-10-11-12-13-14-15-16-20-23-27-40-29-31(30-43(38,39)41-28-26-34(2,3)4)42-33(37)25-22-19-17-18-21-24-32(35)36/h31H,5-30H2,1-4H3,(H-,35,36,38,39)/p+1/t31-/m1/s1. The van der Waals surface area contributed by atoms with E-state index < -0.39 is 25.6 Å². The number of aliphatic carboxylic acids is 1. The number of hydrogen-bond donors (Lipinski definition) is 2. The number of carboxylic acid groups (broad SMARTS) is 1. The molecule has 0 aromatic carbocycles. The van der Waals surface area contributed by atoms with Gasteiger partial charge in [0.1, 0.15) is 19.3 Å². The van der Waals surface area contributed by atoms with Crippen LogP contribution in [0.1, 0.15) is 142 Å². The van der Waals surface area contributed by atoms with Gasteiger partial charge in [0.15, 0.2) is 0 Å². The first-order chi connectivity index (χ1) is 20.4. The summed E-state index contributed by atoms with van der Waals surface area (Å²) in [6.07, 6.45) is 21.0. The molecule has 1 unspecified atom stereocenters. The summed E-state index contributed by atoms with van der Waals surface area (Å²) in [4.78, 5) is 33.5. The molecule has 0 bridgehead atoms.